The first-order valence-corrected chi connectivity index (χ1v) is 9.85. The zero-order valence-electron chi connectivity index (χ0n) is 18.0. The van der Waals surface area contributed by atoms with E-state index in [-0.39, 0.29) is 12.2 Å². The van der Waals surface area contributed by atoms with Crippen molar-refractivity contribution in [1.29, 1.82) is 0 Å². The van der Waals surface area contributed by atoms with E-state index in [1.165, 1.54) is 0 Å². The van der Waals surface area contributed by atoms with Crippen LogP contribution in [-0.2, 0) is 0 Å². The maximum absolute atomic E-state index is 6.25. The van der Waals surface area contributed by atoms with Crippen LogP contribution in [0.15, 0.2) is 18.2 Å². The van der Waals surface area contributed by atoms with Crippen molar-refractivity contribution in [2.75, 3.05) is 0 Å². The molecule has 4 nitrogen and oxygen atoms in total. The Hall–Kier alpha value is -2.23. The third-order valence-corrected chi connectivity index (χ3v) is 4.52. The quantitative estimate of drug-likeness (QED) is 0.534. The molecule has 0 spiro atoms. The molecule has 0 amide bonds. The van der Waals surface area contributed by atoms with E-state index in [1.807, 2.05) is 59.7 Å². The minimum absolute atomic E-state index is 0.140. The van der Waals surface area contributed by atoms with Gasteiger partial charge in [-0.25, -0.2) is 4.98 Å². The summed E-state index contributed by atoms with van der Waals surface area (Å²) >= 11 is 0. The molecule has 0 saturated heterocycles. The van der Waals surface area contributed by atoms with Crippen molar-refractivity contribution in [3.63, 3.8) is 0 Å². The Kier molecular flexibility index (Phi) is 7.11. The average Bonchev–Trinajstić information content (AvgIpc) is 2.58. The molecule has 0 radical (unpaired) electrons. The van der Waals surface area contributed by atoms with Gasteiger partial charge in [-0.2, -0.15) is 0 Å². The second-order valence-electron chi connectivity index (χ2n) is 7.40. The van der Waals surface area contributed by atoms with E-state index in [4.69, 9.17) is 14.2 Å². The molecule has 0 bridgehead atoms. The fourth-order valence-corrected chi connectivity index (χ4v) is 3.04. The van der Waals surface area contributed by atoms with Crippen LogP contribution in [0.25, 0.3) is 0 Å². The Morgan fingerprint density at radius 3 is 2.00 bits per heavy atom. The summed E-state index contributed by atoms with van der Waals surface area (Å²) in [4.78, 5) is 4.61. The summed E-state index contributed by atoms with van der Waals surface area (Å²) in [5.74, 6) is 3.13. The van der Waals surface area contributed by atoms with Crippen LogP contribution in [-0.4, -0.2) is 17.2 Å². The molecular weight excluding hydrogens is 338 g/mol. The highest BCUT2D eigenvalue weighted by atomic mass is 16.5. The largest absolute Gasteiger partial charge is 0.491 e. The van der Waals surface area contributed by atoms with Crippen LogP contribution in [0.3, 0.4) is 0 Å². The van der Waals surface area contributed by atoms with Gasteiger partial charge in [0.15, 0.2) is 0 Å². The number of hydrogen-bond donors (Lipinski definition) is 0. The summed E-state index contributed by atoms with van der Waals surface area (Å²) in [5, 5.41) is 0. The van der Waals surface area contributed by atoms with Crippen molar-refractivity contribution >= 4 is 0 Å². The summed E-state index contributed by atoms with van der Waals surface area (Å²) < 4.78 is 18.3. The number of pyridine rings is 1. The standard InChI is InChI=1S/C23H33NO3/c1-9-19(10-2)26-21-13-17(7)24-23(18(21)8)27-22-15(5)11-20(12-16(22)6)25-14(3)4/h11-14,19H,9-10H2,1-8H3. The number of rotatable bonds is 8. The summed E-state index contributed by atoms with van der Waals surface area (Å²) in [6.45, 7) is 16.4. The van der Waals surface area contributed by atoms with Crippen molar-refractivity contribution in [3.05, 3.63) is 40.6 Å². The van der Waals surface area contributed by atoms with Crippen LogP contribution in [0.5, 0.6) is 23.1 Å². The van der Waals surface area contributed by atoms with E-state index in [0.29, 0.717) is 5.88 Å². The van der Waals surface area contributed by atoms with Gasteiger partial charge in [-0.05, 0) is 77.6 Å². The molecule has 2 rings (SSSR count). The molecule has 27 heavy (non-hydrogen) atoms. The highest BCUT2D eigenvalue weighted by molar-refractivity contribution is 5.49. The lowest BCUT2D eigenvalue weighted by atomic mass is 10.1. The molecule has 0 fully saturated rings. The molecule has 0 unspecified atom stereocenters. The second-order valence-corrected chi connectivity index (χ2v) is 7.40. The highest BCUT2D eigenvalue weighted by Gasteiger charge is 2.16. The van der Waals surface area contributed by atoms with E-state index >= 15 is 0 Å². The number of hydrogen-bond acceptors (Lipinski definition) is 4. The SMILES string of the molecule is CCC(CC)Oc1cc(C)nc(Oc2c(C)cc(OC(C)C)cc2C)c1C. The molecule has 0 aliphatic carbocycles. The Labute approximate surface area is 163 Å². The molecule has 0 N–H and O–H groups in total. The number of nitrogens with zero attached hydrogens (tertiary/aromatic N) is 1. The molecule has 2 aromatic rings. The number of benzene rings is 1. The van der Waals surface area contributed by atoms with E-state index in [9.17, 15) is 0 Å². The maximum Gasteiger partial charge on any atom is 0.226 e. The van der Waals surface area contributed by atoms with Gasteiger partial charge in [0.2, 0.25) is 5.88 Å². The fourth-order valence-electron chi connectivity index (χ4n) is 3.04. The minimum Gasteiger partial charge on any atom is -0.491 e. The molecule has 4 heteroatoms. The summed E-state index contributed by atoms with van der Waals surface area (Å²) in [5.41, 5.74) is 3.85. The van der Waals surface area contributed by atoms with Crippen LogP contribution >= 0.6 is 0 Å². The molecule has 1 aromatic carbocycles. The molecule has 0 aliphatic rings. The Morgan fingerprint density at radius 2 is 1.48 bits per heavy atom. The van der Waals surface area contributed by atoms with E-state index in [1.54, 1.807) is 0 Å². The lowest BCUT2D eigenvalue weighted by molar-refractivity contribution is 0.190. The van der Waals surface area contributed by atoms with Crippen molar-refractivity contribution in [2.24, 2.45) is 0 Å². The second kappa shape index (κ2) is 9.12. The monoisotopic (exact) mass is 371 g/mol. The van der Waals surface area contributed by atoms with Crippen LogP contribution in [0.1, 0.15) is 62.9 Å². The molecule has 1 heterocycles. The molecule has 0 atom stereocenters. The number of ether oxygens (including phenoxy) is 3. The first-order chi connectivity index (χ1) is 12.7. The van der Waals surface area contributed by atoms with Crippen LogP contribution in [0, 0.1) is 27.7 Å². The zero-order chi connectivity index (χ0) is 20.1. The van der Waals surface area contributed by atoms with Gasteiger partial charge in [0.25, 0.3) is 0 Å². The van der Waals surface area contributed by atoms with Gasteiger partial charge >= 0.3 is 0 Å². The Bertz CT molecular complexity index is 756. The smallest absolute Gasteiger partial charge is 0.226 e. The predicted molar refractivity (Wildman–Crippen MR) is 110 cm³/mol. The highest BCUT2D eigenvalue weighted by Crippen LogP contribution is 2.36. The minimum atomic E-state index is 0.140. The third-order valence-electron chi connectivity index (χ3n) is 4.52. The first kappa shape index (κ1) is 21.1. The zero-order valence-corrected chi connectivity index (χ0v) is 18.0. The molecule has 1 aromatic heterocycles. The van der Waals surface area contributed by atoms with Gasteiger partial charge in [-0.1, -0.05) is 13.8 Å². The van der Waals surface area contributed by atoms with Crippen molar-refractivity contribution in [2.45, 2.75) is 80.4 Å². The van der Waals surface area contributed by atoms with Crippen molar-refractivity contribution < 1.29 is 14.2 Å². The number of aryl methyl sites for hydroxylation is 3. The van der Waals surface area contributed by atoms with Crippen LogP contribution < -0.4 is 14.2 Å². The van der Waals surface area contributed by atoms with E-state index in [2.05, 4.69) is 18.8 Å². The lowest BCUT2D eigenvalue weighted by Crippen LogP contribution is -2.15. The van der Waals surface area contributed by atoms with Gasteiger partial charge in [-0.15, -0.1) is 0 Å². The number of aromatic nitrogens is 1. The normalized spacial score (nSPS) is 11.2. The van der Waals surface area contributed by atoms with E-state index < -0.39 is 0 Å². The summed E-state index contributed by atoms with van der Waals surface area (Å²) in [6.07, 6.45) is 2.29. The molecule has 0 saturated carbocycles. The van der Waals surface area contributed by atoms with Gasteiger partial charge in [0.1, 0.15) is 17.2 Å². The maximum atomic E-state index is 6.25. The summed E-state index contributed by atoms with van der Waals surface area (Å²) in [6, 6.07) is 6.00. The topological polar surface area (TPSA) is 40.6 Å². The molecule has 148 valence electrons. The Morgan fingerprint density at radius 1 is 0.889 bits per heavy atom. The van der Waals surface area contributed by atoms with Crippen LogP contribution in [0.4, 0.5) is 0 Å². The van der Waals surface area contributed by atoms with E-state index in [0.717, 1.165) is 52.5 Å². The third kappa shape index (κ3) is 5.38. The summed E-state index contributed by atoms with van der Waals surface area (Å²) in [7, 11) is 0. The van der Waals surface area contributed by atoms with Gasteiger partial charge < -0.3 is 14.2 Å². The van der Waals surface area contributed by atoms with Crippen molar-refractivity contribution in [1.82, 2.24) is 4.98 Å². The van der Waals surface area contributed by atoms with Crippen LogP contribution in [0.2, 0.25) is 0 Å². The average molecular weight is 372 g/mol. The molecular formula is C23H33NO3. The van der Waals surface area contributed by atoms with Gasteiger partial charge in [0.05, 0.1) is 17.8 Å². The van der Waals surface area contributed by atoms with Gasteiger partial charge in [0, 0.05) is 11.8 Å². The fraction of sp³-hybridized carbons (Fsp3) is 0.522. The molecule has 0 aliphatic heterocycles. The Balaban J connectivity index is 2.36. The van der Waals surface area contributed by atoms with Gasteiger partial charge in [-0.3, -0.25) is 0 Å². The predicted octanol–water partition coefficient (Wildman–Crippen LogP) is 6.46. The first-order valence-electron chi connectivity index (χ1n) is 9.85. The van der Waals surface area contributed by atoms with Crippen molar-refractivity contribution in [3.8, 4) is 23.1 Å². The lowest BCUT2D eigenvalue weighted by Gasteiger charge is -2.20.